The van der Waals surface area contributed by atoms with E-state index >= 15 is 0 Å². The van der Waals surface area contributed by atoms with Crippen molar-refractivity contribution >= 4 is 30.2 Å². The molecule has 0 saturated carbocycles. The van der Waals surface area contributed by atoms with E-state index in [-0.39, 0.29) is 5.78 Å². The molecular weight excluding hydrogens is 326 g/mol. The fourth-order valence-electron chi connectivity index (χ4n) is 2.75. The van der Waals surface area contributed by atoms with Crippen molar-refractivity contribution in [1.82, 2.24) is 15.0 Å². The first kappa shape index (κ1) is 17.5. The molecule has 3 rings (SSSR count). The monoisotopic (exact) mass is 351 g/mol. The molecule has 25 heavy (non-hydrogen) atoms. The molecule has 0 aliphatic heterocycles. The molecule has 0 aliphatic carbocycles. The summed E-state index contributed by atoms with van der Waals surface area (Å²) in [5, 5.41) is 1.41. The van der Waals surface area contributed by atoms with Crippen LogP contribution in [-0.4, -0.2) is 28.8 Å². The molecule has 2 heterocycles. The van der Waals surface area contributed by atoms with Gasteiger partial charge in [0.05, 0.1) is 25.5 Å². The summed E-state index contributed by atoms with van der Waals surface area (Å²) in [5.41, 5.74) is 3.26. The lowest BCUT2D eigenvalue weighted by Gasteiger charge is -2.16. The van der Waals surface area contributed by atoms with Gasteiger partial charge in [0.1, 0.15) is 5.52 Å². The highest BCUT2D eigenvalue weighted by atomic mass is 28.3. The highest BCUT2D eigenvalue weighted by Gasteiger charge is 2.26. The number of carbonyl (C=O) groups excluding carboxylic acids is 1. The van der Waals surface area contributed by atoms with Crippen molar-refractivity contribution in [3.05, 3.63) is 42.2 Å². The predicted molar refractivity (Wildman–Crippen MR) is 106 cm³/mol. The quantitative estimate of drug-likeness (QED) is 0.562. The van der Waals surface area contributed by atoms with Crippen LogP contribution in [0.4, 0.5) is 0 Å². The number of Topliss-reactive ketones (excluding diaryl/α,β-unsaturated/α-hetero) is 1. The Bertz CT molecular complexity index is 928. The molecule has 0 bridgehead atoms. The van der Waals surface area contributed by atoms with Crippen molar-refractivity contribution < 1.29 is 4.79 Å². The average Bonchev–Trinajstić information content (AvgIpc) is 2.95. The molecule has 0 spiro atoms. The van der Waals surface area contributed by atoms with Crippen LogP contribution in [0.25, 0.3) is 22.4 Å². The molecule has 0 aliphatic rings. The van der Waals surface area contributed by atoms with E-state index in [0.717, 1.165) is 11.3 Å². The van der Waals surface area contributed by atoms with Gasteiger partial charge in [0.25, 0.3) is 0 Å². The third kappa shape index (κ3) is 3.42. The lowest BCUT2D eigenvalue weighted by Crippen LogP contribution is -2.37. The summed E-state index contributed by atoms with van der Waals surface area (Å²) in [6, 6.07) is 8.57. The highest BCUT2D eigenvalue weighted by molar-refractivity contribution is 6.88. The number of fused-ring (bicyclic) bond motifs is 1. The Hall–Kier alpha value is -2.27. The molecule has 130 valence electrons. The van der Waals surface area contributed by atoms with Gasteiger partial charge < -0.3 is 4.98 Å². The summed E-state index contributed by atoms with van der Waals surface area (Å²) in [6.45, 7) is 12.7. The van der Waals surface area contributed by atoms with Crippen LogP contribution in [0, 0.1) is 5.41 Å². The number of carbonyl (C=O) groups is 1. The average molecular weight is 352 g/mol. The largest absolute Gasteiger partial charge is 0.344 e. The minimum absolute atomic E-state index is 0.0688. The predicted octanol–water partition coefficient (Wildman–Crippen LogP) is 4.40. The van der Waals surface area contributed by atoms with Crippen LogP contribution in [0.2, 0.25) is 19.6 Å². The number of rotatable bonds is 3. The minimum Gasteiger partial charge on any atom is -0.344 e. The van der Waals surface area contributed by atoms with Crippen LogP contribution in [0.3, 0.4) is 0 Å². The smallest absolute Gasteiger partial charge is 0.171 e. The van der Waals surface area contributed by atoms with Gasteiger partial charge in [-0.25, -0.2) is 9.97 Å². The van der Waals surface area contributed by atoms with Gasteiger partial charge in [0, 0.05) is 17.2 Å². The molecule has 0 saturated heterocycles. The number of nitrogens with zero attached hydrogens (tertiary/aromatic N) is 2. The number of hydrogen-bond acceptors (Lipinski definition) is 3. The fraction of sp³-hybridized carbons (Fsp3) is 0.350. The summed E-state index contributed by atoms with van der Waals surface area (Å²) < 4.78 is 0. The lowest BCUT2D eigenvalue weighted by atomic mass is 9.87. The molecule has 1 N–H and O–H groups in total. The fourth-order valence-corrected chi connectivity index (χ4v) is 3.92. The molecule has 3 aromatic rings. The Balaban J connectivity index is 2.05. The van der Waals surface area contributed by atoms with E-state index in [1.165, 1.54) is 5.19 Å². The van der Waals surface area contributed by atoms with Crippen molar-refractivity contribution in [2.75, 3.05) is 0 Å². The molecule has 2 aromatic heterocycles. The van der Waals surface area contributed by atoms with E-state index in [9.17, 15) is 4.79 Å². The first-order valence-corrected chi connectivity index (χ1v) is 12.1. The van der Waals surface area contributed by atoms with E-state index in [1.54, 1.807) is 12.4 Å². The van der Waals surface area contributed by atoms with Crippen LogP contribution in [-0.2, 0) is 0 Å². The van der Waals surface area contributed by atoms with E-state index in [0.29, 0.717) is 16.7 Å². The second-order valence-corrected chi connectivity index (χ2v) is 13.6. The summed E-state index contributed by atoms with van der Waals surface area (Å²) >= 11 is 0. The maximum atomic E-state index is 12.7. The Labute approximate surface area is 149 Å². The zero-order valence-corrected chi connectivity index (χ0v) is 16.8. The maximum absolute atomic E-state index is 12.7. The summed E-state index contributed by atoms with van der Waals surface area (Å²) in [4.78, 5) is 24.9. The van der Waals surface area contributed by atoms with Crippen molar-refractivity contribution in [2.45, 2.75) is 40.4 Å². The van der Waals surface area contributed by atoms with E-state index < -0.39 is 13.5 Å². The maximum Gasteiger partial charge on any atom is 0.171 e. The second kappa shape index (κ2) is 5.91. The standard InChI is InChI=1S/C20H25N3OSi/c1-20(2,3)18(24)15-11-21-19-17(15)23-16(12-22-19)13-7-9-14(10-8-13)25(4,5)6/h7-12H,1-6H3,(H,21,22). The van der Waals surface area contributed by atoms with Crippen LogP contribution in [0.5, 0.6) is 0 Å². The summed E-state index contributed by atoms with van der Waals surface area (Å²) in [6.07, 6.45) is 3.48. The number of benzene rings is 1. The normalized spacial score (nSPS) is 12.6. The number of aromatic nitrogens is 3. The summed E-state index contributed by atoms with van der Waals surface area (Å²) in [5.74, 6) is 0.0688. The van der Waals surface area contributed by atoms with Crippen molar-refractivity contribution in [2.24, 2.45) is 5.41 Å². The van der Waals surface area contributed by atoms with Gasteiger partial charge in [-0.3, -0.25) is 4.79 Å². The number of aromatic amines is 1. The molecule has 0 atom stereocenters. The second-order valence-electron chi connectivity index (χ2n) is 8.56. The Morgan fingerprint density at radius 1 is 1.08 bits per heavy atom. The SMILES string of the molecule is CC(C)(C)C(=O)c1c[nH]c2ncc(-c3ccc([Si](C)(C)C)cc3)nc12. The topological polar surface area (TPSA) is 58.6 Å². The van der Waals surface area contributed by atoms with Crippen LogP contribution in [0.1, 0.15) is 31.1 Å². The van der Waals surface area contributed by atoms with Gasteiger partial charge >= 0.3 is 0 Å². The molecule has 0 radical (unpaired) electrons. The van der Waals surface area contributed by atoms with Gasteiger partial charge in [-0.05, 0) is 0 Å². The number of ketones is 1. The molecule has 4 nitrogen and oxygen atoms in total. The number of H-pyrrole nitrogens is 1. The van der Waals surface area contributed by atoms with Gasteiger partial charge in [0.2, 0.25) is 0 Å². The van der Waals surface area contributed by atoms with Crippen molar-refractivity contribution in [3.63, 3.8) is 0 Å². The first-order chi connectivity index (χ1) is 11.6. The Morgan fingerprint density at radius 2 is 1.72 bits per heavy atom. The Morgan fingerprint density at radius 3 is 2.28 bits per heavy atom. The third-order valence-corrected chi connectivity index (χ3v) is 6.42. The van der Waals surface area contributed by atoms with Gasteiger partial charge in [0.15, 0.2) is 11.4 Å². The van der Waals surface area contributed by atoms with E-state index in [4.69, 9.17) is 4.98 Å². The minimum atomic E-state index is -1.32. The van der Waals surface area contributed by atoms with E-state index in [1.807, 2.05) is 20.8 Å². The lowest BCUT2D eigenvalue weighted by molar-refractivity contribution is 0.0860. The molecular formula is C20H25N3OSi. The molecule has 0 fully saturated rings. The molecule has 1 aromatic carbocycles. The van der Waals surface area contributed by atoms with E-state index in [2.05, 4.69) is 53.9 Å². The third-order valence-electron chi connectivity index (χ3n) is 4.35. The van der Waals surface area contributed by atoms with Crippen molar-refractivity contribution in [3.8, 4) is 11.3 Å². The van der Waals surface area contributed by atoms with Gasteiger partial charge in [-0.1, -0.05) is 69.9 Å². The molecule has 0 amide bonds. The van der Waals surface area contributed by atoms with Crippen molar-refractivity contribution in [1.29, 1.82) is 0 Å². The van der Waals surface area contributed by atoms with Crippen LogP contribution < -0.4 is 5.19 Å². The Kier molecular flexibility index (Phi) is 4.15. The van der Waals surface area contributed by atoms with Crippen LogP contribution in [0.15, 0.2) is 36.7 Å². The summed E-state index contributed by atoms with van der Waals surface area (Å²) in [7, 11) is -1.32. The number of hydrogen-bond donors (Lipinski definition) is 1. The number of nitrogens with one attached hydrogen (secondary N) is 1. The zero-order valence-electron chi connectivity index (χ0n) is 15.8. The molecule has 0 unspecified atom stereocenters. The van der Waals surface area contributed by atoms with Gasteiger partial charge in [-0.15, -0.1) is 0 Å². The first-order valence-electron chi connectivity index (χ1n) is 8.57. The molecule has 5 heteroatoms. The van der Waals surface area contributed by atoms with Crippen LogP contribution >= 0.6 is 0 Å². The van der Waals surface area contributed by atoms with Gasteiger partial charge in [-0.2, -0.15) is 0 Å². The highest BCUT2D eigenvalue weighted by Crippen LogP contribution is 2.26. The zero-order chi connectivity index (χ0) is 18.4.